The lowest BCUT2D eigenvalue weighted by molar-refractivity contribution is -0.130. The van der Waals surface area contributed by atoms with Crippen LogP contribution in [0.1, 0.15) is 11.1 Å². The van der Waals surface area contributed by atoms with Gasteiger partial charge in [0.05, 0.1) is 5.57 Å². The van der Waals surface area contributed by atoms with Crippen molar-refractivity contribution in [3.8, 4) is 5.75 Å². The molecule has 3 heteroatoms. The number of aromatic hydroxyl groups is 1. The van der Waals surface area contributed by atoms with E-state index in [9.17, 15) is 15.0 Å². The summed E-state index contributed by atoms with van der Waals surface area (Å²) < 4.78 is 0. The van der Waals surface area contributed by atoms with Gasteiger partial charge < -0.3 is 10.2 Å². The zero-order chi connectivity index (χ0) is 15.5. The van der Waals surface area contributed by atoms with Crippen molar-refractivity contribution in [2.24, 2.45) is 0 Å². The third-order valence-electron chi connectivity index (χ3n) is 3.55. The number of carboxylic acid groups (broad SMARTS) is 1. The molecule has 0 bridgehead atoms. The Morgan fingerprint density at radius 2 is 1.55 bits per heavy atom. The van der Waals surface area contributed by atoms with Gasteiger partial charge in [0, 0.05) is 5.56 Å². The molecule has 2 N–H and O–H groups in total. The quantitative estimate of drug-likeness (QED) is 0.562. The van der Waals surface area contributed by atoms with Crippen LogP contribution in [0.5, 0.6) is 5.75 Å². The molecule has 3 aromatic rings. The van der Waals surface area contributed by atoms with Crippen LogP contribution in [0.2, 0.25) is 0 Å². The first-order valence-corrected chi connectivity index (χ1v) is 6.88. The Balaban J connectivity index is 2.24. The van der Waals surface area contributed by atoms with E-state index in [1.807, 2.05) is 36.4 Å². The van der Waals surface area contributed by atoms with E-state index in [-0.39, 0.29) is 11.3 Å². The first-order chi connectivity index (χ1) is 10.7. The number of phenols is 1. The van der Waals surface area contributed by atoms with E-state index in [0.717, 1.165) is 10.8 Å². The van der Waals surface area contributed by atoms with Gasteiger partial charge in [-0.2, -0.15) is 0 Å². The maximum Gasteiger partial charge on any atom is 0.336 e. The number of fused-ring (bicyclic) bond motifs is 1. The molecule has 0 radical (unpaired) electrons. The fourth-order valence-corrected chi connectivity index (χ4v) is 2.48. The molecule has 3 rings (SSSR count). The Labute approximate surface area is 127 Å². The molecule has 0 spiro atoms. The summed E-state index contributed by atoms with van der Waals surface area (Å²) in [5.41, 5.74) is 1.26. The van der Waals surface area contributed by atoms with Crippen molar-refractivity contribution in [1.29, 1.82) is 0 Å². The normalized spacial score (nSPS) is 11.5. The summed E-state index contributed by atoms with van der Waals surface area (Å²) in [4.78, 5) is 11.7. The van der Waals surface area contributed by atoms with Crippen LogP contribution in [0.4, 0.5) is 0 Å². The monoisotopic (exact) mass is 290 g/mol. The van der Waals surface area contributed by atoms with E-state index < -0.39 is 5.97 Å². The van der Waals surface area contributed by atoms with E-state index in [4.69, 9.17) is 0 Å². The summed E-state index contributed by atoms with van der Waals surface area (Å²) in [6.07, 6.45) is 1.50. The smallest absolute Gasteiger partial charge is 0.336 e. The molecule has 3 aromatic carbocycles. The van der Waals surface area contributed by atoms with Crippen molar-refractivity contribution < 1.29 is 15.0 Å². The number of carboxylic acids is 1. The summed E-state index contributed by atoms with van der Waals surface area (Å²) >= 11 is 0. The van der Waals surface area contributed by atoms with Crippen molar-refractivity contribution in [1.82, 2.24) is 0 Å². The molecular formula is C19H14O3. The minimum absolute atomic E-state index is 0.0569. The molecule has 0 unspecified atom stereocenters. The summed E-state index contributed by atoms with van der Waals surface area (Å²) in [7, 11) is 0. The largest absolute Gasteiger partial charge is 0.507 e. The molecule has 0 heterocycles. The standard InChI is InChI=1S/C19H14O3/c20-18-11-4-2-7-14(18)12-17(19(21)22)16-10-5-8-13-6-1-3-9-15(13)16/h1-12,20H,(H,21,22). The minimum Gasteiger partial charge on any atom is -0.507 e. The molecule has 0 saturated carbocycles. The fourth-order valence-electron chi connectivity index (χ4n) is 2.48. The zero-order valence-corrected chi connectivity index (χ0v) is 11.7. The first kappa shape index (κ1) is 13.9. The number of rotatable bonds is 3. The van der Waals surface area contributed by atoms with E-state index in [2.05, 4.69) is 0 Å². The van der Waals surface area contributed by atoms with Crippen LogP contribution in [0.15, 0.2) is 66.7 Å². The maximum atomic E-state index is 11.7. The summed E-state index contributed by atoms with van der Waals surface area (Å²) in [6, 6.07) is 19.9. The number of hydrogen-bond donors (Lipinski definition) is 2. The van der Waals surface area contributed by atoms with Crippen LogP contribution in [0, 0.1) is 0 Å². The van der Waals surface area contributed by atoms with E-state index in [1.165, 1.54) is 12.1 Å². The Morgan fingerprint density at radius 3 is 2.32 bits per heavy atom. The molecular weight excluding hydrogens is 276 g/mol. The molecule has 0 aliphatic rings. The lowest BCUT2D eigenvalue weighted by atomic mass is 9.96. The third kappa shape index (κ3) is 2.56. The van der Waals surface area contributed by atoms with Gasteiger partial charge in [0.15, 0.2) is 0 Å². The molecule has 0 saturated heterocycles. The van der Waals surface area contributed by atoms with E-state index in [1.54, 1.807) is 24.3 Å². The van der Waals surface area contributed by atoms with Gasteiger partial charge >= 0.3 is 5.97 Å². The second-order valence-electron chi connectivity index (χ2n) is 4.95. The van der Waals surface area contributed by atoms with Crippen molar-refractivity contribution in [3.05, 3.63) is 77.9 Å². The molecule has 108 valence electrons. The topological polar surface area (TPSA) is 57.5 Å². The van der Waals surface area contributed by atoms with Crippen molar-refractivity contribution in [2.75, 3.05) is 0 Å². The van der Waals surface area contributed by atoms with Crippen LogP contribution in [0.3, 0.4) is 0 Å². The highest BCUT2D eigenvalue weighted by atomic mass is 16.4. The minimum atomic E-state index is -1.03. The van der Waals surface area contributed by atoms with Gasteiger partial charge in [-0.15, -0.1) is 0 Å². The molecule has 0 aromatic heterocycles. The molecule has 22 heavy (non-hydrogen) atoms. The van der Waals surface area contributed by atoms with Crippen molar-refractivity contribution in [3.63, 3.8) is 0 Å². The third-order valence-corrected chi connectivity index (χ3v) is 3.55. The van der Waals surface area contributed by atoms with Crippen LogP contribution in [-0.2, 0) is 4.79 Å². The number of phenolic OH excluding ortho intramolecular Hbond substituents is 1. The van der Waals surface area contributed by atoms with E-state index >= 15 is 0 Å². The van der Waals surface area contributed by atoms with Crippen LogP contribution in [0.25, 0.3) is 22.4 Å². The van der Waals surface area contributed by atoms with Crippen LogP contribution < -0.4 is 0 Å². The zero-order valence-electron chi connectivity index (χ0n) is 11.7. The predicted octanol–water partition coefficient (Wildman–Crippen LogP) is 4.17. The Kier molecular flexibility index (Phi) is 3.62. The second-order valence-corrected chi connectivity index (χ2v) is 4.95. The predicted molar refractivity (Wildman–Crippen MR) is 87.6 cm³/mol. The Hall–Kier alpha value is -3.07. The van der Waals surface area contributed by atoms with Gasteiger partial charge in [-0.05, 0) is 28.5 Å². The lowest BCUT2D eigenvalue weighted by Gasteiger charge is -2.08. The maximum absolute atomic E-state index is 11.7. The highest BCUT2D eigenvalue weighted by Gasteiger charge is 2.14. The average molecular weight is 290 g/mol. The Bertz CT molecular complexity index is 873. The summed E-state index contributed by atoms with van der Waals surface area (Å²) in [6.45, 7) is 0. The van der Waals surface area contributed by atoms with E-state index in [0.29, 0.717) is 11.1 Å². The number of para-hydroxylation sites is 1. The SMILES string of the molecule is O=C(O)C(=Cc1ccccc1O)c1cccc2ccccc12. The van der Waals surface area contributed by atoms with Crippen molar-refractivity contribution >= 4 is 28.4 Å². The van der Waals surface area contributed by atoms with Gasteiger partial charge in [0.25, 0.3) is 0 Å². The molecule has 3 nitrogen and oxygen atoms in total. The Morgan fingerprint density at radius 1 is 0.864 bits per heavy atom. The van der Waals surface area contributed by atoms with Crippen LogP contribution >= 0.6 is 0 Å². The van der Waals surface area contributed by atoms with Gasteiger partial charge in [-0.3, -0.25) is 0 Å². The van der Waals surface area contributed by atoms with Gasteiger partial charge in [0.1, 0.15) is 5.75 Å². The number of hydrogen-bond acceptors (Lipinski definition) is 2. The molecule has 0 aliphatic heterocycles. The van der Waals surface area contributed by atoms with Crippen molar-refractivity contribution in [2.45, 2.75) is 0 Å². The molecule has 0 fully saturated rings. The lowest BCUT2D eigenvalue weighted by Crippen LogP contribution is -2.00. The summed E-state index contributed by atoms with van der Waals surface area (Å²) in [5, 5.41) is 21.3. The first-order valence-electron chi connectivity index (χ1n) is 6.88. The molecule has 0 atom stereocenters. The van der Waals surface area contributed by atoms with Gasteiger partial charge in [0.2, 0.25) is 0 Å². The number of carbonyl (C=O) groups is 1. The summed E-state index contributed by atoms with van der Waals surface area (Å²) in [5.74, 6) is -0.971. The highest BCUT2D eigenvalue weighted by molar-refractivity contribution is 6.24. The van der Waals surface area contributed by atoms with Gasteiger partial charge in [-0.1, -0.05) is 60.7 Å². The fraction of sp³-hybridized carbons (Fsp3) is 0. The van der Waals surface area contributed by atoms with Crippen LogP contribution in [-0.4, -0.2) is 16.2 Å². The molecule has 0 aliphatic carbocycles. The average Bonchev–Trinajstić information content (AvgIpc) is 2.53. The number of aliphatic carboxylic acids is 1. The number of benzene rings is 3. The second kappa shape index (κ2) is 5.74. The molecule has 0 amide bonds. The highest BCUT2D eigenvalue weighted by Crippen LogP contribution is 2.29. The van der Waals surface area contributed by atoms with Gasteiger partial charge in [-0.25, -0.2) is 4.79 Å².